The number of hydrogen-bond donors (Lipinski definition) is 4. The minimum atomic E-state index is -0.798. The number of fused-ring (bicyclic) bond motifs is 1. The van der Waals surface area contributed by atoms with Gasteiger partial charge >= 0.3 is 11.9 Å². The Kier molecular flexibility index (Phi) is 6.07. The molecule has 0 spiro atoms. The van der Waals surface area contributed by atoms with Crippen LogP contribution in [0.2, 0.25) is 0 Å². The lowest BCUT2D eigenvalue weighted by molar-refractivity contribution is -0.130. The Balaban J connectivity index is 1.39. The van der Waals surface area contributed by atoms with Gasteiger partial charge in [0.25, 0.3) is 18.3 Å². The second-order valence-electron chi connectivity index (χ2n) is 7.16. The van der Waals surface area contributed by atoms with E-state index in [1.54, 1.807) is 19.5 Å². The number of nitrogens with one attached hydrogen (secondary N) is 1. The molecule has 2 atom stereocenters. The summed E-state index contributed by atoms with van der Waals surface area (Å²) >= 11 is 0. The molecule has 0 radical (unpaired) electrons. The van der Waals surface area contributed by atoms with Crippen molar-refractivity contribution < 1.29 is 24.9 Å². The lowest BCUT2D eigenvalue weighted by Gasteiger charge is -2.30. The minimum Gasteiger partial charge on any atom is -0.504 e. The van der Waals surface area contributed by atoms with Gasteiger partial charge < -0.3 is 20.6 Å². The molecule has 29 heavy (non-hydrogen) atoms. The van der Waals surface area contributed by atoms with Gasteiger partial charge in [-0.1, -0.05) is 6.07 Å². The number of aliphatic hydroxyl groups is 1. The van der Waals surface area contributed by atoms with Gasteiger partial charge in [-0.05, 0) is 37.1 Å². The number of aliphatic hydroxyl groups excluding tert-OH is 1. The maximum absolute atomic E-state index is 12.4. The highest BCUT2D eigenvalue weighted by Gasteiger charge is 2.52. The molecule has 2 aliphatic rings. The lowest BCUT2D eigenvalue weighted by Crippen LogP contribution is -2.63. The summed E-state index contributed by atoms with van der Waals surface area (Å²) in [6, 6.07) is 3.29. The van der Waals surface area contributed by atoms with Gasteiger partial charge in [-0.25, -0.2) is 9.46 Å². The van der Waals surface area contributed by atoms with Gasteiger partial charge in [-0.3, -0.25) is 14.6 Å². The molecule has 2 unspecified atom stereocenters. The third-order valence-electron chi connectivity index (χ3n) is 5.14. The molecular formula is C19H26N5O5+. The summed E-state index contributed by atoms with van der Waals surface area (Å²) in [5.41, 5.74) is 0.516. The normalized spacial score (nSPS) is 19.6. The van der Waals surface area contributed by atoms with E-state index in [-0.39, 0.29) is 23.4 Å². The zero-order chi connectivity index (χ0) is 21.1. The van der Waals surface area contributed by atoms with Crippen molar-refractivity contribution >= 4 is 24.1 Å². The van der Waals surface area contributed by atoms with Crippen LogP contribution >= 0.6 is 0 Å². The summed E-state index contributed by atoms with van der Waals surface area (Å²) in [7, 11) is 3.08. The molecule has 3 amide bonds. The van der Waals surface area contributed by atoms with Crippen molar-refractivity contribution in [3.63, 3.8) is 0 Å². The van der Waals surface area contributed by atoms with E-state index in [1.807, 2.05) is 4.90 Å². The monoisotopic (exact) mass is 404 g/mol. The third-order valence-corrected chi connectivity index (χ3v) is 5.14. The Bertz CT molecular complexity index is 867. The molecule has 3 rings (SSSR count). The highest BCUT2D eigenvalue weighted by atomic mass is 16.3. The molecule has 0 aliphatic carbocycles. The minimum absolute atomic E-state index is 0.224. The molecule has 10 heteroatoms. The number of carbonyl (C=O) groups is 2. The first kappa shape index (κ1) is 20.7. The van der Waals surface area contributed by atoms with Crippen molar-refractivity contribution in [1.29, 1.82) is 0 Å². The molecule has 0 bridgehead atoms. The molecule has 156 valence electrons. The largest absolute Gasteiger partial charge is 0.504 e. The standard InChI is InChI=1S/C19H25N5O5/c1-22-17-16(18(28)23(2)19(22)29)24(11-21-17)8-4-3-7-20-10-15(27)12-5-6-13(25)14(26)9-12/h5-6,9,11,15-16,20,27H,3-4,7-8,10H2,1-2H3,(H-,25,26)/p+1. The number of carbonyl (C=O) groups excluding carboxylic acids is 2. The van der Waals surface area contributed by atoms with Gasteiger partial charge in [0.05, 0.1) is 19.7 Å². The van der Waals surface area contributed by atoms with Crippen LogP contribution in [-0.4, -0.2) is 93.9 Å². The number of imide groups is 1. The van der Waals surface area contributed by atoms with Crippen LogP contribution in [-0.2, 0) is 4.79 Å². The first-order valence-electron chi connectivity index (χ1n) is 9.44. The zero-order valence-electron chi connectivity index (χ0n) is 16.4. The van der Waals surface area contributed by atoms with Crippen molar-refractivity contribution in [3.05, 3.63) is 23.8 Å². The molecule has 4 N–H and O–H groups in total. The lowest BCUT2D eigenvalue weighted by atomic mass is 10.1. The van der Waals surface area contributed by atoms with Crippen LogP contribution in [0.1, 0.15) is 24.5 Å². The molecule has 2 heterocycles. The van der Waals surface area contributed by atoms with E-state index in [4.69, 9.17) is 0 Å². The van der Waals surface area contributed by atoms with E-state index >= 15 is 0 Å². The van der Waals surface area contributed by atoms with E-state index in [1.165, 1.54) is 24.1 Å². The Morgan fingerprint density at radius 2 is 1.90 bits per heavy atom. The number of rotatable bonds is 8. The van der Waals surface area contributed by atoms with E-state index in [2.05, 4.69) is 9.98 Å². The van der Waals surface area contributed by atoms with Crippen molar-refractivity contribution in [1.82, 2.24) is 24.7 Å². The second-order valence-corrected chi connectivity index (χ2v) is 7.16. The highest BCUT2D eigenvalue weighted by Crippen LogP contribution is 2.27. The van der Waals surface area contributed by atoms with E-state index < -0.39 is 12.1 Å². The summed E-state index contributed by atoms with van der Waals surface area (Å²) < 4.78 is 4.23. The average Bonchev–Trinajstić information content (AvgIpc) is 3.13. The number of benzene rings is 1. The molecule has 1 aromatic carbocycles. The summed E-state index contributed by atoms with van der Waals surface area (Å²) in [5, 5.41) is 32.1. The summed E-state index contributed by atoms with van der Waals surface area (Å²) in [6.07, 6.45) is 2.43. The van der Waals surface area contributed by atoms with Crippen molar-refractivity contribution in [2.24, 2.45) is 0 Å². The fourth-order valence-electron chi connectivity index (χ4n) is 3.38. The summed E-state index contributed by atoms with van der Waals surface area (Å²) in [5.74, 6) is -0.311. The first-order chi connectivity index (χ1) is 13.8. The maximum atomic E-state index is 12.4. The van der Waals surface area contributed by atoms with Crippen LogP contribution < -0.4 is 9.98 Å². The van der Waals surface area contributed by atoms with Gasteiger partial charge in [0.15, 0.2) is 11.5 Å². The Labute approximate surface area is 168 Å². The number of amidine groups is 1. The maximum Gasteiger partial charge on any atom is 0.389 e. The fraction of sp³-hybridized carbons (Fsp3) is 0.474. The molecule has 0 saturated carbocycles. The fourth-order valence-corrected chi connectivity index (χ4v) is 3.38. The third kappa shape index (κ3) is 4.19. The van der Waals surface area contributed by atoms with E-state index in [0.29, 0.717) is 31.0 Å². The second kappa shape index (κ2) is 8.52. The van der Waals surface area contributed by atoms with E-state index in [9.17, 15) is 24.9 Å². The average molecular weight is 404 g/mol. The number of amides is 3. The van der Waals surface area contributed by atoms with Crippen molar-refractivity contribution in [2.75, 3.05) is 33.7 Å². The van der Waals surface area contributed by atoms with Gasteiger partial charge in [0.2, 0.25) is 0 Å². The number of unbranched alkanes of at least 4 members (excludes halogenated alkanes) is 1. The Morgan fingerprint density at radius 3 is 2.62 bits per heavy atom. The molecule has 1 saturated heterocycles. The number of phenolic OH excluding ortho intramolecular Hbond substituents is 2. The number of aromatic hydroxyl groups is 2. The summed E-state index contributed by atoms with van der Waals surface area (Å²) in [4.78, 5) is 28.7. The Morgan fingerprint density at radius 1 is 1.14 bits per heavy atom. The van der Waals surface area contributed by atoms with Crippen LogP contribution in [0.15, 0.2) is 18.2 Å². The molecule has 1 aromatic rings. The van der Waals surface area contributed by atoms with Gasteiger partial charge in [-0.2, -0.15) is 4.90 Å². The Hall–Kier alpha value is -3.07. The molecule has 1 fully saturated rings. The number of nitrogens with zero attached hydrogens (tertiary/aromatic N) is 4. The highest BCUT2D eigenvalue weighted by molar-refractivity contribution is 6.22. The topological polar surface area (TPSA) is 131 Å². The number of likely N-dealkylation sites (N-methyl/N-ethyl adjacent to an activating group) is 2. The predicted octanol–water partition coefficient (Wildman–Crippen LogP) is -0.797. The molecule has 10 nitrogen and oxygen atoms in total. The molecular weight excluding hydrogens is 378 g/mol. The number of hydrogen-bond acceptors (Lipinski definition) is 7. The zero-order valence-corrected chi connectivity index (χ0v) is 16.4. The van der Waals surface area contributed by atoms with Gasteiger partial charge in [0, 0.05) is 13.6 Å². The number of phenols is 2. The van der Waals surface area contributed by atoms with Crippen LogP contribution in [0.4, 0.5) is 4.79 Å². The first-order valence-corrected chi connectivity index (χ1v) is 9.44. The van der Waals surface area contributed by atoms with Crippen molar-refractivity contribution in [3.8, 4) is 11.5 Å². The van der Waals surface area contributed by atoms with Crippen LogP contribution in [0.5, 0.6) is 11.5 Å². The predicted molar refractivity (Wildman–Crippen MR) is 106 cm³/mol. The van der Waals surface area contributed by atoms with Crippen LogP contribution in [0.25, 0.3) is 0 Å². The van der Waals surface area contributed by atoms with Crippen molar-refractivity contribution in [2.45, 2.75) is 25.0 Å². The molecule has 2 aliphatic heterocycles. The SMILES string of the molecule is CN1C(=O)C2C(=[N+]=CN2CCCCNCC(O)c2ccc(O)c(O)c2)N(C)C1=O. The van der Waals surface area contributed by atoms with Gasteiger partial charge in [0.1, 0.15) is 0 Å². The van der Waals surface area contributed by atoms with Crippen LogP contribution in [0.3, 0.4) is 0 Å². The summed E-state index contributed by atoms with van der Waals surface area (Å²) in [6.45, 7) is 1.60. The van der Waals surface area contributed by atoms with Gasteiger partial charge in [-0.15, -0.1) is 0 Å². The quantitative estimate of drug-likeness (QED) is 0.254. The van der Waals surface area contributed by atoms with E-state index in [0.717, 1.165) is 17.7 Å². The smallest absolute Gasteiger partial charge is 0.389 e. The molecule has 0 aromatic heterocycles. The number of urea groups is 1. The van der Waals surface area contributed by atoms with Crippen LogP contribution in [0, 0.1) is 0 Å².